The van der Waals surface area contributed by atoms with Gasteiger partial charge in [-0.2, -0.15) is 0 Å². The van der Waals surface area contributed by atoms with Gasteiger partial charge in [-0.25, -0.2) is 4.79 Å². The second kappa shape index (κ2) is 3.89. The molecular formula is C11H13BrO4. The van der Waals surface area contributed by atoms with Crippen molar-refractivity contribution in [1.29, 1.82) is 0 Å². The van der Waals surface area contributed by atoms with E-state index in [2.05, 4.69) is 20.7 Å². The van der Waals surface area contributed by atoms with Crippen LogP contribution in [0.4, 0.5) is 0 Å². The molecule has 0 bridgehead atoms. The molecule has 0 aliphatic heterocycles. The summed E-state index contributed by atoms with van der Waals surface area (Å²) in [6.07, 6.45) is 0.336. The number of aliphatic hydroxyl groups is 1. The van der Waals surface area contributed by atoms with Gasteiger partial charge in [-0.05, 0) is 47.3 Å². The summed E-state index contributed by atoms with van der Waals surface area (Å²) in [4.78, 5) is 11.4. The number of hydrogen-bond acceptors (Lipinski definition) is 4. The largest absolute Gasteiger partial charge is 0.467 e. The number of esters is 1. The quantitative estimate of drug-likeness (QED) is 0.864. The average Bonchev–Trinajstić information content (AvgIpc) is 2.98. The molecule has 1 unspecified atom stereocenters. The minimum atomic E-state index is -1.14. The van der Waals surface area contributed by atoms with E-state index in [-0.39, 0.29) is 0 Å². The number of aliphatic hydroxyl groups excluding tert-OH is 1. The van der Waals surface area contributed by atoms with Gasteiger partial charge < -0.3 is 14.3 Å². The second-order valence-electron chi connectivity index (χ2n) is 4.14. The Morgan fingerprint density at radius 2 is 2.31 bits per heavy atom. The molecule has 0 aromatic carbocycles. The highest BCUT2D eigenvalue weighted by Gasteiger charge is 2.57. The van der Waals surface area contributed by atoms with E-state index in [1.165, 1.54) is 7.11 Å². The summed E-state index contributed by atoms with van der Waals surface area (Å²) in [5, 5.41) is 9.95. The Bertz CT molecular complexity index is 420. The summed E-state index contributed by atoms with van der Waals surface area (Å²) in [7, 11) is 1.27. The van der Waals surface area contributed by atoms with Crippen LogP contribution >= 0.6 is 15.9 Å². The lowest BCUT2D eigenvalue weighted by Crippen LogP contribution is -2.35. The molecule has 0 amide bonds. The molecule has 1 atom stereocenters. The first-order valence-electron chi connectivity index (χ1n) is 5.03. The van der Waals surface area contributed by atoms with Gasteiger partial charge in [0.1, 0.15) is 5.76 Å². The summed E-state index contributed by atoms with van der Waals surface area (Å²) < 4.78 is 10.7. The van der Waals surface area contributed by atoms with Crippen molar-refractivity contribution in [3.8, 4) is 0 Å². The summed E-state index contributed by atoms with van der Waals surface area (Å²) in [6, 6.07) is 1.83. The van der Waals surface area contributed by atoms with Crippen molar-refractivity contribution in [2.24, 2.45) is 0 Å². The molecule has 0 radical (unpaired) electrons. The Morgan fingerprint density at radius 3 is 2.69 bits per heavy atom. The summed E-state index contributed by atoms with van der Waals surface area (Å²) in [5.41, 5.74) is 0.357. The predicted octanol–water partition coefficient (Wildman–Crippen LogP) is 1.92. The number of carbonyl (C=O) groups is 1. The van der Waals surface area contributed by atoms with Gasteiger partial charge in [0.25, 0.3) is 0 Å². The number of halogens is 1. The van der Waals surface area contributed by atoms with E-state index >= 15 is 0 Å². The van der Waals surface area contributed by atoms with E-state index in [4.69, 9.17) is 4.42 Å². The molecule has 4 nitrogen and oxygen atoms in total. The molecule has 1 aromatic rings. The zero-order valence-electron chi connectivity index (χ0n) is 9.12. The molecule has 0 saturated heterocycles. The molecule has 88 valence electrons. The third kappa shape index (κ3) is 1.68. The molecule has 1 aliphatic rings. The molecule has 1 aromatic heterocycles. The second-order valence-corrected chi connectivity index (χ2v) is 4.93. The molecule has 1 aliphatic carbocycles. The van der Waals surface area contributed by atoms with Crippen molar-refractivity contribution in [3.63, 3.8) is 0 Å². The number of aryl methyl sites for hydroxylation is 1. The van der Waals surface area contributed by atoms with Crippen molar-refractivity contribution in [2.45, 2.75) is 31.3 Å². The summed E-state index contributed by atoms with van der Waals surface area (Å²) in [6.45, 7) is 1.90. The SMILES string of the molecule is COC(=O)C(O)C1(c2oc(Br)cc2C)CC1. The zero-order chi connectivity index (χ0) is 11.9. The van der Waals surface area contributed by atoms with E-state index in [9.17, 15) is 9.90 Å². The highest BCUT2D eigenvalue weighted by atomic mass is 79.9. The number of hydrogen-bond donors (Lipinski definition) is 1. The van der Waals surface area contributed by atoms with E-state index in [0.717, 1.165) is 18.4 Å². The number of methoxy groups -OCH3 is 1. The van der Waals surface area contributed by atoms with Gasteiger partial charge in [0.2, 0.25) is 0 Å². The Labute approximate surface area is 102 Å². The van der Waals surface area contributed by atoms with Crippen molar-refractivity contribution < 1.29 is 19.1 Å². The Kier molecular flexibility index (Phi) is 2.84. The number of rotatable bonds is 3. The number of furan rings is 1. The van der Waals surface area contributed by atoms with Gasteiger partial charge >= 0.3 is 5.97 Å². The van der Waals surface area contributed by atoms with Gasteiger partial charge in [0.05, 0.1) is 12.5 Å². The molecule has 1 N–H and O–H groups in total. The maximum Gasteiger partial charge on any atom is 0.335 e. The Morgan fingerprint density at radius 1 is 1.69 bits per heavy atom. The Balaban J connectivity index is 2.33. The number of carbonyl (C=O) groups excluding carboxylic acids is 1. The van der Waals surface area contributed by atoms with Crippen LogP contribution < -0.4 is 0 Å². The molecule has 0 spiro atoms. The lowest BCUT2D eigenvalue weighted by atomic mass is 9.93. The fraction of sp³-hybridized carbons (Fsp3) is 0.545. The molecule has 1 fully saturated rings. The lowest BCUT2D eigenvalue weighted by molar-refractivity contribution is -0.152. The van der Waals surface area contributed by atoms with Crippen LogP contribution in [0, 0.1) is 6.92 Å². The van der Waals surface area contributed by atoms with Crippen LogP contribution in [0.1, 0.15) is 24.2 Å². The summed E-state index contributed by atoms with van der Waals surface area (Å²) >= 11 is 3.24. The van der Waals surface area contributed by atoms with Gasteiger partial charge in [-0.3, -0.25) is 0 Å². The number of ether oxygens (including phenoxy) is 1. The maximum absolute atomic E-state index is 11.4. The van der Waals surface area contributed by atoms with E-state index in [1.807, 2.05) is 13.0 Å². The highest BCUT2D eigenvalue weighted by Crippen LogP contribution is 2.53. The highest BCUT2D eigenvalue weighted by molar-refractivity contribution is 9.10. The fourth-order valence-electron chi connectivity index (χ4n) is 2.03. The smallest absolute Gasteiger partial charge is 0.335 e. The van der Waals surface area contributed by atoms with E-state index < -0.39 is 17.5 Å². The van der Waals surface area contributed by atoms with Gasteiger partial charge in [0, 0.05) is 0 Å². The van der Waals surface area contributed by atoms with Crippen LogP contribution in [0.25, 0.3) is 0 Å². The fourth-order valence-corrected chi connectivity index (χ4v) is 2.54. The molecule has 16 heavy (non-hydrogen) atoms. The van der Waals surface area contributed by atoms with Crippen LogP contribution in [0.15, 0.2) is 15.2 Å². The molecule has 2 rings (SSSR count). The van der Waals surface area contributed by atoms with Crippen LogP contribution in [-0.4, -0.2) is 24.3 Å². The van der Waals surface area contributed by atoms with Crippen LogP contribution in [0.3, 0.4) is 0 Å². The van der Waals surface area contributed by atoms with E-state index in [1.54, 1.807) is 0 Å². The standard InChI is InChI=1S/C11H13BrO4/c1-6-5-7(12)16-9(6)11(3-4-11)8(13)10(14)15-2/h5,8,13H,3-4H2,1-2H3. The maximum atomic E-state index is 11.4. The topological polar surface area (TPSA) is 59.7 Å². The first kappa shape index (κ1) is 11.7. The molecule has 5 heteroatoms. The molecule has 1 heterocycles. The van der Waals surface area contributed by atoms with E-state index in [0.29, 0.717) is 10.4 Å². The monoisotopic (exact) mass is 288 g/mol. The average molecular weight is 289 g/mol. The van der Waals surface area contributed by atoms with Gasteiger partial charge in [-0.1, -0.05) is 0 Å². The third-order valence-electron chi connectivity index (χ3n) is 3.08. The summed E-state index contributed by atoms with van der Waals surface area (Å²) in [5.74, 6) is 0.0710. The Hall–Kier alpha value is -0.810. The lowest BCUT2D eigenvalue weighted by Gasteiger charge is -2.18. The van der Waals surface area contributed by atoms with Crippen LogP contribution in [0.5, 0.6) is 0 Å². The minimum absolute atomic E-state index is 0.580. The first-order chi connectivity index (χ1) is 7.51. The zero-order valence-corrected chi connectivity index (χ0v) is 10.7. The predicted molar refractivity (Wildman–Crippen MR) is 60.1 cm³/mol. The van der Waals surface area contributed by atoms with Crippen molar-refractivity contribution in [2.75, 3.05) is 7.11 Å². The molecule has 1 saturated carbocycles. The minimum Gasteiger partial charge on any atom is -0.467 e. The van der Waals surface area contributed by atoms with Crippen LogP contribution in [-0.2, 0) is 14.9 Å². The first-order valence-corrected chi connectivity index (χ1v) is 5.83. The van der Waals surface area contributed by atoms with Crippen molar-refractivity contribution in [1.82, 2.24) is 0 Å². The van der Waals surface area contributed by atoms with Gasteiger partial charge in [-0.15, -0.1) is 0 Å². The van der Waals surface area contributed by atoms with Crippen molar-refractivity contribution in [3.05, 3.63) is 22.1 Å². The van der Waals surface area contributed by atoms with Gasteiger partial charge in [0.15, 0.2) is 10.8 Å². The molecular weight excluding hydrogens is 276 g/mol. The van der Waals surface area contributed by atoms with Crippen LogP contribution in [0.2, 0.25) is 0 Å². The normalized spacial score (nSPS) is 19.2. The third-order valence-corrected chi connectivity index (χ3v) is 3.47. The van der Waals surface area contributed by atoms with Crippen molar-refractivity contribution >= 4 is 21.9 Å².